The van der Waals surface area contributed by atoms with Crippen LogP contribution in [0.5, 0.6) is 5.75 Å². The second-order valence-electron chi connectivity index (χ2n) is 6.30. The molecule has 0 fully saturated rings. The van der Waals surface area contributed by atoms with Gasteiger partial charge in [-0.15, -0.1) is 0 Å². The predicted molar refractivity (Wildman–Crippen MR) is 104 cm³/mol. The average molecular weight is 375 g/mol. The normalized spacial score (nSPS) is 13.8. The molecule has 25 heavy (non-hydrogen) atoms. The SMILES string of the molecule is Clc1ccc(OCCCn2c3c(c4cccc(Cl)c42)CCNC3)cc1. The molecule has 0 spiro atoms. The van der Waals surface area contributed by atoms with E-state index in [1.165, 1.54) is 16.6 Å². The van der Waals surface area contributed by atoms with Crippen molar-refractivity contribution in [1.82, 2.24) is 9.88 Å². The molecule has 4 rings (SSSR count). The van der Waals surface area contributed by atoms with Crippen LogP contribution in [0.3, 0.4) is 0 Å². The molecular weight excluding hydrogens is 355 g/mol. The zero-order valence-corrected chi connectivity index (χ0v) is 15.4. The lowest BCUT2D eigenvalue weighted by molar-refractivity contribution is 0.301. The molecule has 3 nitrogen and oxygen atoms in total. The molecule has 0 amide bonds. The lowest BCUT2D eigenvalue weighted by atomic mass is 10.0. The van der Waals surface area contributed by atoms with E-state index in [1.54, 1.807) is 0 Å². The molecular formula is C20H20Cl2N2O. The first-order chi connectivity index (χ1) is 12.2. The smallest absolute Gasteiger partial charge is 0.119 e. The summed E-state index contributed by atoms with van der Waals surface area (Å²) in [7, 11) is 0. The van der Waals surface area contributed by atoms with Gasteiger partial charge in [-0.05, 0) is 55.3 Å². The number of fused-ring (bicyclic) bond motifs is 3. The number of aryl methyl sites for hydroxylation is 1. The van der Waals surface area contributed by atoms with Gasteiger partial charge in [-0.1, -0.05) is 35.3 Å². The summed E-state index contributed by atoms with van der Waals surface area (Å²) in [5.41, 5.74) is 3.96. The Morgan fingerprint density at radius 3 is 2.76 bits per heavy atom. The largest absolute Gasteiger partial charge is 0.494 e. The third-order valence-electron chi connectivity index (χ3n) is 4.71. The van der Waals surface area contributed by atoms with Gasteiger partial charge in [0.2, 0.25) is 0 Å². The van der Waals surface area contributed by atoms with E-state index >= 15 is 0 Å². The van der Waals surface area contributed by atoms with E-state index in [9.17, 15) is 0 Å². The second-order valence-corrected chi connectivity index (χ2v) is 7.14. The fourth-order valence-electron chi connectivity index (χ4n) is 3.58. The van der Waals surface area contributed by atoms with Crippen LogP contribution in [-0.2, 0) is 19.5 Å². The van der Waals surface area contributed by atoms with Crippen molar-refractivity contribution in [3.63, 3.8) is 0 Å². The zero-order chi connectivity index (χ0) is 17.2. The maximum Gasteiger partial charge on any atom is 0.119 e. The lowest BCUT2D eigenvalue weighted by Gasteiger charge is -2.17. The molecule has 130 valence electrons. The van der Waals surface area contributed by atoms with Gasteiger partial charge in [-0.3, -0.25) is 0 Å². The molecule has 0 radical (unpaired) electrons. The van der Waals surface area contributed by atoms with Crippen molar-refractivity contribution in [3.05, 3.63) is 63.8 Å². The van der Waals surface area contributed by atoms with Crippen molar-refractivity contribution < 1.29 is 4.74 Å². The molecule has 1 aromatic heterocycles. The van der Waals surface area contributed by atoms with Crippen LogP contribution in [0, 0.1) is 0 Å². The molecule has 0 saturated heterocycles. The number of nitrogens with one attached hydrogen (secondary N) is 1. The Bertz CT molecular complexity index is 887. The van der Waals surface area contributed by atoms with Crippen LogP contribution in [0.2, 0.25) is 10.0 Å². The highest BCUT2D eigenvalue weighted by Crippen LogP contribution is 2.33. The third kappa shape index (κ3) is 3.37. The summed E-state index contributed by atoms with van der Waals surface area (Å²) in [5, 5.41) is 6.32. The van der Waals surface area contributed by atoms with E-state index in [0.29, 0.717) is 6.61 Å². The van der Waals surface area contributed by atoms with Crippen molar-refractivity contribution in [3.8, 4) is 5.75 Å². The fraction of sp³-hybridized carbons (Fsp3) is 0.300. The number of para-hydroxylation sites is 1. The Kier molecular flexibility index (Phi) is 4.89. The van der Waals surface area contributed by atoms with Gasteiger partial charge in [0.15, 0.2) is 0 Å². The number of ether oxygens (including phenoxy) is 1. The Hall–Kier alpha value is -1.68. The van der Waals surface area contributed by atoms with Gasteiger partial charge in [0.05, 0.1) is 17.1 Å². The Morgan fingerprint density at radius 2 is 1.92 bits per heavy atom. The summed E-state index contributed by atoms with van der Waals surface area (Å²) >= 11 is 12.4. The predicted octanol–water partition coefficient (Wildman–Crippen LogP) is 5.06. The fourth-order valence-corrected chi connectivity index (χ4v) is 3.98. The highest BCUT2D eigenvalue weighted by molar-refractivity contribution is 6.35. The molecule has 5 heteroatoms. The van der Waals surface area contributed by atoms with Gasteiger partial charge in [-0.25, -0.2) is 0 Å². The molecule has 0 atom stereocenters. The van der Waals surface area contributed by atoms with Crippen LogP contribution in [0.25, 0.3) is 10.9 Å². The Morgan fingerprint density at radius 1 is 1.08 bits per heavy atom. The van der Waals surface area contributed by atoms with E-state index in [0.717, 1.165) is 53.8 Å². The number of hydrogen-bond donors (Lipinski definition) is 1. The van der Waals surface area contributed by atoms with Crippen molar-refractivity contribution in [1.29, 1.82) is 0 Å². The van der Waals surface area contributed by atoms with Gasteiger partial charge in [-0.2, -0.15) is 0 Å². The van der Waals surface area contributed by atoms with Gasteiger partial charge >= 0.3 is 0 Å². The summed E-state index contributed by atoms with van der Waals surface area (Å²) < 4.78 is 8.19. The van der Waals surface area contributed by atoms with Crippen molar-refractivity contribution in [2.45, 2.75) is 25.9 Å². The van der Waals surface area contributed by atoms with E-state index in [1.807, 2.05) is 36.4 Å². The minimum absolute atomic E-state index is 0.661. The second kappa shape index (κ2) is 7.28. The van der Waals surface area contributed by atoms with Crippen LogP contribution in [0.4, 0.5) is 0 Å². The topological polar surface area (TPSA) is 26.2 Å². The minimum Gasteiger partial charge on any atom is -0.494 e. The first kappa shape index (κ1) is 16.8. The highest BCUT2D eigenvalue weighted by atomic mass is 35.5. The van der Waals surface area contributed by atoms with Gasteiger partial charge in [0.25, 0.3) is 0 Å². The lowest BCUT2D eigenvalue weighted by Crippen LogP contribution is -2.25. The van der Waals surface area contributed by atoms with Crippen LogP contribution < -0.4 is 10.1 Å². The number of nitrogens with zero attached hydrogens (tertiary/aromatic N) is 1. The summed E-state index contributed by atoms with van der Waals surface area (Å²) in [6.45, 7) is 3.48. The van der Waals surface area contributed by atoms with E-state index in [2.05, 4.69) is 16.0 Å². The van der Waals surface area contributed by atoms with Crippen LogP contribution in [0.1, 0.15) is 17.7 Å². The molecule has 3 aromatic rings. The monoisotopic (exact) mass is 374 g/mol. The van der Waals surface area contributed by atoms with Crippen molar-refractivity contribution in [2.24, 2.45) is 0 Å². The number of aromatic nitrogens is 1. The number of hydrogen-bond acceptors (Lipinski definition) is 2. The highest BCUT2D eigenvalue weighted by Gasteiger charge is 2.20. The number of benzene rings is 2. The van der Waals surface area contributed by atoms with Crippen molar-refractivity contribution in [2.75, 3.05) is 13.2 Å². The molecule has 1 N–H and O–H groups in total. The minimum atomic E-state index is 0.661. The molecule has 0 bridgehead atoms. The Labute approximate surface area is 157 Å². The Balaban J connectivity index is 1.52. The quantitative estimate of drug-likeness (QED) is 0.631. The maximum atomic E-state index is 6.52. The first-order valence-corrected chi connectivity index (χ1v) is 9.37. The van der Waals surface area contributed by atoms with Gasteiger partial charge < -0.3 is 14.6 Å². The van der Waals surface area contributed by atoms with E-state index < -0.39 is 0 Å². The molecule has 0 aliphatic carbocycles. The maximum absolute atomic E-state index is 6.52. The number of rotatable bonds is 5. The first-order valence-electron chi connectivity index (χ1n) is 8.61. The molecule has 2 heterocycles. The summed E-state index contributed by atoms with van der Waals surface area (Å²) in [4.78, 5) is 0. The molecule has 1 aliphatic rings. The van der Waals surface area contributed by atoms with Gasteiger partial charge in [0.1, 0.15) is 5.75 Å². The van der Waals surface area contributed by atoms with Crippen molar-refractivity contribution >= 4 is 34.1 Å². The average Bonchev–Trinajstić information content (AvgIpc) is 2.96. The van der Waals surface area contributed by atoms with Gasteiger partial charge in [0, 0.05) is 29.2 Å². The number of halogens is 2. The summed E-state index contributed by atoms with van der Waals surface area (Å²) in [6, 6.07) is 13.7. The molecule has 0 saturated carbocycles. The van der Waals surface area contributed by atoms with Crippen LogP contribution in [0.15, 0.2) is 42.5 Å². The van der Waals surface area contributed by atoms with Crippen LogP contribution in [-0.4, -0.2) is 17.7 Å². The third-order valence-corrected chi connectivity index (χ3v) is 5.27. The molecule has 0 unspecified atom stereocenters. The van der Waals surface area contributed by atoms with Crippen LogP contribution >= 0.6 is 23.2 Å². The van der Waals surface area contributed by atoms with E-state index in [4.69, 9.17) is 27.9 Å². The molecule has 1 aliphatic heterocycles. The summed E-state index contributed by atoms with van der Waals surface area (Å²) in [5.74, 6) is 0.850. The molecule has 2 aromatic carbocycles. The zero-order valence-electron chi connectivity index (χ0n) is 13.9. The summed E-state index contributed by atoms with van der Waals surface area (Å²) in [6.07, 6.45) is 1.98. The standard InChI is InChI=1S/C20H20Cl2N2O/c21-14-5-7-15(8-6-14)25-12-2-11-24-19-13-23-10-9-16(19)17-3-1-4-18(22)20(17)24/h1,3-8,23H,2,9-13H2. The van der Waals surface area contributed by atoms with E-state index in [-0.39, 0.29) is 0 Å².